The summed E-state index contributed by atoms with van der Waals surface area (Å²) in [5.74, 6) is 5.76. The molecule has 0 spiro atoms. The van der Waals surface area contributed by atoms with Gasteiger partial charge in [-0.25, -0.2) is 8.42 Å². The van der Waals surface area contributed by atoms with Crippen LogP contribution in [0.15, 0.2) is 29.2 Å². The van der Waals surface area contributed by atoms with Crippen LogP contribution in [0.2, 0.25) is 0 Å². The maximum Gasteiger partial charge on any atom is 0.323 e. The Bertz CT molecular complexity index is 961. The van der Waals surface area contributed by atoms with Gasteiger partial charge in [0.1, 0.15) is 18.4 Å². The van der Waals surface area contributed by atoms with E-state index >= 15 is 0 Å². The lowest BCUT2D eigenvalue weighted by atomic mass is 10.0. The summed E-state index contributed by atoms with van der Waals surface area (Å²) in [5.41, 5.74) is 0. The molecule has 8 nitrogen and oxygen atoms in total. The number of carboxylic acid groups (broad SMARTS) is 1. The zero-order valence-electron chi connectivity index (χ0n) is 19.0. The van der Waals surface area contributed by atoms with Gasteiger partial charge in [0.15, 0.2) is 6.29 Å². The zero-order valence-corrected chi connectivity index (χ0v) is 20.6. The molecule has 2 saturated heterocycles. The first-order valence-corrected chi connectivity index (χ1v) is 13.4. The molecule has 182 valence electrons. The van der Waals surface area contributed by atoms with E-state index in [2.05, 4.69) is 11.8 Å². The lowest BCUT2D eigenvalue weighted by Crippen LogP contribution is -2.58. The Morgan fingerprint density at radius 1 is 1.27 bits per heavy atom. The van der Waals surface area contributed by atoms with Crippen molar-refractivity contribution in [3.05, 3.63) is 24.3 Å². The summed E-state index contributed by atoms with van der Waals surface area (Å²) in [7, 11) is -3.96. The second-order valence-corrected chi connectivity index (χ2v) is 12.0. The standard InChI is InChI=1S/C23H31NO7S2/c1-23(2)21(22(25)26)24(13-17-32-23)33(27,28)19-11-9-18(10-12-19)29-14-5-3-6-15-30-20-8-4-7-16-31-20/h9-12,20-21H,4,6-8,13-17H2,1-2H3,(H,25,26). The predicted octanol–water partition coefficient (Wildman–Crippen LogP) is 2.97. The Hall–Kier alpha value is -1.77. The monoisotopic (exact) mass is 497 g/mol. The van der Waals surface area contributed by atoms with E-state index in [-0.39, 0.29) is 24.3 Å². The lowest BCUT2D eigenvalue weighted by molar-refractivity contribution is -0.161. The van der Waals surface area contributed by atoms with Crippen LogP contribution in [-0.2, 0) is 24.3 Å². The number of nitrogens with zero attached hydrogens (tertiary/aromatic N) is 1. The van der Waals surface area contributed by atoms with Crippen LogP contribution < -0.4 is 4.74 Å². The van der Waals surface area contributed by atoms with E-state index in [0.717, 1.165) is 30.2 Å². The molecule has 0 aromatic heterocycles. The Labute approximate surface area is 200 Å². The maximum absolute atomic E-state index is 13.1. The molecule has 3 rings (SSSR count). The van der Waals surface area contributed by atoms with Crippen molar-refractivity contribution >= 4 is 27.8 Å². The van der Waals surface area contributed by atoms with Crippen molar-refractivity contribution in [3.8, 4) is 17.6 Å². The minimum atomic E-state index is -3.96. The third-order valence-electron chi connectivity index (χ3n) is 5.50. The van der Waals surface area contributed by atoms with Crippen LogP contribution >= 0.6 is 11.8 Å². The highest BCUT2D eigenvalue weighted by molar-refractivity contribution is 8.00. The Morgan fingerprint density at radius 2 is 2.03 bits per heavy atom. The van der Waals surface area contributed by atoms with Crippen LogP contribution in [0.4, 0.5) is 0 Å². The second-order valence-electron chi connectivity index (χ2n) is 8.34. The van der Waals surface area contributed by atoms with Crippen molar-refractivity contribution in [2.75, 3.05) is 32.1 Å². The molecule has 1 aromatic rings. The third kappa shape index (κ3) is 6.87. The highest BCUT2D eigenvalue weighted by Crippen LogP contribution is 2.38. The van der Waals surface area contributed by atoms with Gasteiger partial charge >= 0.3 is 5.97 Å². The van der Waals surface area contributed by atoms with Crippen LogP contribution in [0.3, 0.4) is 0 Å². The number of carboxylic acids is 1. The van der Waals surface area contributed by atoms with Crippen molar-refractivity contribution in [3.63, 3.8) is 0 Å². The highest BCUT2D eigenvalue weighted by Gasteiger charge is 2.48. The number of benzene rings is 1. The van der Waals surface area contributed by atoms with E-state index in [1.165, 1.54) is 23.9 Å². The molecule has 0 aliphatic carbocycles. The SMILES string of the molecule is CC1(C)SCCN(S(=O)(=O)c2ccc(OCC#CCCOC3CCCCO3)cc2)C1C(=O)O. The van der Waals surface area contributed by atoms with E-state index in [0.29, 0.717) is 24.5 Å². The van der Waals surface area contributed by atoms with Crippen LogP contribution in [-0.4, -0.2) is 73.0 Å². The summed E-state index contributed by atoms with van der Waals surface area (Å²) in [5, 5.41) is 9.67. The molecule has 2 aliphatic heterocycles. The Kier molecular flexibility index (Phi) is 9.07. The van der Waals surface area contributed by atoms with E-state index in [1.54, 1.807) is 26.0 Å². The van der Waals surface area contributed by atoms with Gasteiger partial charge in [-0.1, -0.05) is 11.8 Å². The minimum absolute atomic E-state index is 0.0389. The molecule has 2 atom stereocenters. The van der Waals surface area contributed by atoms with Gasteiger partial charge < -0.3 is 19.3 Å². The number of aliphatic carboxylic acids is 1. The normalized spacial score (nSPS) is 23.3. The fourth-order valence-electron chi connectivity index (χ4n) is 3.82. The predicted molar refractivity (Wildman–Crippen MR) is 126 cm³/mol. The van der Waals surface area contributed by atoms with Crippen molar-refractivity contribution < 1.29 is 32.5 Å². The van der Waals surface area contributed by atoms with Gasteiger partial charge in [0.05, 0.1) is 11.5 Å². The fourth-order valence-corrected chi connectivity index (χ4v) is 6.92. The van der Waals surface area contributed by atoms with Crippen molar-refractivity contribution in [1.82, 2.24) is 4.31 Å². The second kappa shape index (κ2) is 11.6. The van der Waals surface area contributed by atoms with Gasteiger partial charge in [-0.15, -0.1) is 0 Å². The summed E-state index contributed by atoms with van der Waals surface area (Å²) >= 11 is 1.46. The van der Waals surface area contributed by atoms with Gasteiger partial charge in [-0.3, -0.25) is 4.79 Å². The first kappa shape index (κ1) is 25.8. The van der Waals surface area contributed by atoms with E-state index < -0.39 is 26.8 Å². The number of hydrogen-bond donors (Lipinski definition) is 1. The van der Waals surface area contributed by atoms with Crippen molar-refractivity contribution in [2.24, 2.45) is 0 Å². The molecular weight excluding hydrogens is 466 g/mol. The molecule has 0 saturated carbocycles. The molecule has 0 bridgehead atoms. The minimum Gasteiger partial charge on any atom is -0.481 e. The summed E-state index contributed by atoms with van der Waals surface area (Å²) in [6.45, 7) is 5.09. The van der Waals surface area contributed by atoms with Gasteiger partial charge in [0.2, 0.25) is 10.0 Å². The molecule has 0 radical (unpaired) electrons. The number of ether oxygens (including phenoxy) is 3. The van der Waals surface area contributed by atoms with Gasteiger partial charge in [0, 0.05) is 30.1 Å². The highest BCUT2D eigenvalue weighted by atomic mass is 32.2. The zero-order chi connectivity index (χ0) is 23.9. The van der Waals surface area contributed by atoms with Crippen LogP contribution in [0, 0.1) is 11.8 Å². The average molecular weight is 498 g/mol. The van der Waals surface area contributed by atoms with Crippen LogP contribution in [0.5, 0.6) is 5.75 Å². The Morgan fingerprint density at radius 3 is 2.70 bits per heavy atom. The summed E-state index contributed by atoms with van der Waals surface area (Å²) in [6, 6.07) is 4.84. The number of rotatable bonds is 8. The van der Waals surface area contributed by atoms with Gasteiger partial charge in [-0.05, 0) is 57.4 Å². The molecule has 2 unspecified atom stereocenters. The molecule has 2 fully saturated rings. The largest absolute Gasteiger partial charge is 0.481 e. The van der Waals surface area contributed by atoms with Crippen molar-refractivity contribution in [1.29, 1.82) is 0 Å². The number of sulfonamides is 1. The van der Waals surface area contributed by atoms with E-state index in [9.17, 15) is 18.3 Å². The first-order chi connectivity index (χ1) is 15.7. The molecule has 1 aromatic carbocycles. The molecule has 33 heavy (non-hydrogen) atoms. The lowest BCUT2D eigenvalue weighted by Gasteiger charge is -2.42. The summed E-state index contributed by atoms with van der Waals surface area (Å²) in [6.07, 6.45) is 3.60. The van der Waals surface area contributed by atoms with E-state index in [1.807, 2.05) is 0 Å². The fraction of sp³-hybridized carbons (Fsp3) is 0.609. The maximum atomic E-state index is 13.1. The first-order valence-electron chi connectivity index (χ1n) is 11.0. The third-order valence-corrected chi connectivity index (χ3v) is 8.73. The number of thioether (sulfide) groups is 1. The topological polar surface area (TPSA) is 102 Å². The molecular formula is C23H31NO7S2. The smallest absolute Gasteiger partial charge is 0.323 e. The Balaban J connectivity index is 1.51. The summed E-state index contributed by atoms with van der Waals surface area (Å²) < 4.78 is 43.3. The summed E-state index contributed by atoms with van der Waals surface area (Å²) in [4.78, 5) is 11.9. The quantitative estimate of drug-likeness (QED) is 0.432. The molecule has 1 N–H and O–H groups in total. The van der Waals surface area contributed by atoms with Crippen LogP contribution in [0.1, 0.15) is 39.5 Å². The molecule has 10 heteroatoms. The molecule has 2 heterocycles. The average Bonchev–Trinajstić information content (AvgIpc) is 2.78. The molecule has 2 aliphatic rings. The van der Waals surface area contributed by atoms with E-state index in [4.69, 9.17) is 14.2 Å². The van der Waals surface area contributed by atoms with Gasteiger partial charge in [-0.2, -0.15) is 16.1 Å². The van der Waals surface area contributed by atoms with Crippen LogP contribution in [0.25, 0.3) is 0 Å². The number of hydrogen-bond acceptors (Lipinski definition) is 7. The molecule has 0 amide bonds. The van der Waals surface area contributed by atoms with Crippen molar-refractivity contribution in [2.45, 2.75) is 61.5 Å². The number of carbonyl (C=O) groups is 1. The van der Waals surface area contributed by atoms with Gasteiger partial charge in [0.25, 0.3) is 0 Å².